The summed E-state index contributed by atoms with van der Waals surface area (Å²) in [5.41, 5.74) is 0.0572. The molecule has 0 aliphatic rings. The van der Waals surface area contributed by atoms with E-state index >= 15 is 0 Å². The van der Waals surface area contributed by atoms with E-state index in [1.807, 2.05) is 13.8 Å². The molecule has 1 aromatic carbocycles. The van der Waals surface area contributed by atoms with Gasteiger partial charge in [0.05, 0.1) is 0 Å². The zero-order valence-corrected chi connectivity index (χ0v) is 11.6. The summed E-state index contributed by atoms with van der Waals surface area (Å²) in [6.45, 7) is 4.05. The fourth-order valence-electron chi connectivity index (χ4n) is 1.51. The molecule has 0 bridgehead atoms. The van der Waals surface area contributed by atoms with Gasteiger partial charge in [0.15, 0.2) is 0 Å². The molecule has 0 atom stereocenters. The van der Waals surface area contributed by atoms with Gasteiger partial charge in [0.2, 0.25) is 0 Å². The van der Waals surface area contributed by atoms with Gasteiger partial charge in [-0.3, -0.25) is 9.59 Å². The fraction of sp³-hybridized carbons (Fsp3) is 0.429. The maximum absolute atomic E-state index is 12.7. The average molecular weight is 282 g/mol. The Morgan fingerprint density at radius 1 is 1.20 bits per heavy atom. The molecule has 0 unspecified atom stereocenters. The minimum absolute atomic E-state index is 0.0185. The topological polar surface area (TPSA) is 78.4 Å². The van der Waals surface area contributed by atoms with Crippen molar-refractivity contribution in [1.29, 1.82) is 0 Å². The van der Waals surface area contributed by atoms with E-state index in [1.165, 1.54) is 24.3 Å². The lowest BCUT2D eigenvalue weighted by molar-refractivity contribution is -0.136. The van der Waals surface area contributed by atoms with Gasteiger partial charge in [0.1, 0.15) is 5.82 Å². The number of rotatable bonds is 5. The Labute approximate surface area is 117 Å². The van der Waals surface area contributed by atoms with E-state index < -0.39 is 17.6 Å². The van der Waals surface area contributed by atoms with E-state index in [0.717, 1.165) is 0 Å². The van der Waals surface area contributed by atoms with E-state index in [2.05, 4.69) is 10.6 Å². The van der Waals surface area contributed by atoms with Gasteiger partial charge in [-0.05, 0) is 36.1 Å². The summed E-state index contributed by atoms with van der Waals surface area (Å²) < 4.78 is 12.7. The molecule has 6 heteroatoms. The Morgan fingerprint density at radius 2 is 1.80 bits per heavy atom. The number of aliphatic hydroxyl groups excluding tert-OH is 1. The number of halogens is 1. The third-order valence-corrected chi connectivity index (χ3v) is 2.82. The van der Waals surface area contributed by atoms with Gasteiger partial charge < -0.3 is 15.7 Å². The van der Waals surface area contributed by atoms with E-state index in [1.54, 1.807) is 0 Å². The summed E-state index contributed by atoms with van der Waals surface area (Å²) in [4.78, 5) is 23.2. The first-order chi connectivity index (χ1) is 9.34. The maximum atomic E-state index is 12.7. The first kappa shape index (κ1) is 16.1. The van der Waals surface area contributed by atoms with Crippen LogP contribution in [0.5, 0.6) is 0 Å². The van der Waals surface area contributed by atoms with Crippen molar-refractivity contribution >= 4 is 17.5 Å². The number of carbonyl (C=O) groups is 2. The lowest BCUT2D eigenvalue weighted by Crippen LogP contribution is -2.40. The molecule has 0 saturated carbocycles. The van der Waals surface area contributed by atoms with Crippen LogP contribution in [0.2, 0.25) is 0 Å². The third-order valence-electron chi connectivity index (χ3n) is 2.82. The van der Waals surface area contributed by atoms with Gasteiger partial charge in [0.25, 0.3) is 0 Å². The number of hydrogen-bond acceptors (Lipinski definition) is 3. The number of aliphatic hydroxyl groups is 1. The van der Waals surface area contributed by atoms with Crippen LogP contribution in [0.25, 0.3) is 0 Å². The second kappa shape index (κ2) is 7.00. The van der Waals surface area contributed by atoms with Gasteiger partial charge in [-0.1, -0.05) is 13.8 Å². The second-order valence-electron chi connectivity index (χ2n) is 5.28. The van der Waals surface area contributed by atoms with Gasteiger partial charge in [-0.25, -0.2) is 4.39 Å². The molecule has 0 saturated heterocycles. The monoisotopic (exact) mass is 282 g/mol. The zero-order chi connectivity index (χ0) is 15.2. The zero-order valence-electron chi connectivity index (χ0n) is 11.6. The van der Waals surface area contributed by atoms with Crippen LogP contribution >= 0.6 is 0 Å². The van der Waals surface area contributed by atoms with Crippen LogP contribution in [0.4, 0.5) is 10.1 Å². The van der Waals surface area contributed by atoms with Gasteiger partial charge in [-0.15, -0.1) is 0 Å². The molecule has 0 heterocycles. The van der Waals surface area contributed by atoms with Crippen LogP contribution in [-0.4, -0.2) is 30.1 Å². The van der Waals surface area contributed by atoms with Crippen LogP contribution < -0.4 is 10.6 Å². The number of nitrogens with one attached hydrogen (secondary N) is 2. The van der Waals surface area contributed by atoms with Gasteiger partial charge >= 0.3 is 11.8 Å². The molecule has 0 aromatic heterocycles. The standard InChI is InChI=1S/C14H19FN2O3/c1-14(2,7-8-18)9-16-12(19)13(20)17-11-5-3-10(15)4-6-11/h3-6,18H,7-9H2,1-2H3,(H,16,19)(H,17,20). The number of carbonyl (C=O) groups excluding carboxylic acids is 2. The molecule has 5 nitrogen and oxygen atoms in total. The third kappa shape index (κ3) is 5.36. The molecular weight excluding hydrogens is 263 g/mol. The molecule has 1 aromatic rings. The Bertz CT molecular complexity index is 472. The number of benzene rings is 1. The first-order valence-corrected chi connectivity index (χ1v) is 6.30. The fourth-order valence-corrected chi connectivity index (χ4v) is 1.51. The molecule has 0 aliphatic carbocycles. The molecule has 0 radical (unpaired) electrons. The molecule has 0 spiro atoms. The lowest BCUT2D eigenvalue weighted by Gasteiger charge is -2.23. The summed E-state index contributed by atoms with van der Waals surface area (Å²) in [6, 6.07) is 5.13. The van der Waals surface area contributed by atoms with E-state index in [9.17, 15) is 14.0 Å². The van der Waals surface area contributed by atoms with Gasteiger partial charge in [0, 0.05) is 18.8 Å². The molecule has 3 N–H and O–H groups in total. The van der Waals surface area contributed by atoms with E-state index in [4.69, 9.17) is 5.11 Å². The molecule has 1 rings (SSSR count). The molecule has 2 amide bonds. The Kier molecular flexibility index (Phi) is 5.64. The van der Waals surface area contributed by atoms with Crippen molar-refractivity contribution in [2.24, 2.45) is 5.41 Å². The lowest BCUT2D eigenvalue weighted by atomic mass is 9.90. The summed E-state index contributed by atoms with van der Waals surface area (Å²) in [7, 11) is 0. The Morgan fingerprint density at radius 3 is 2.35 bits per heavy atom. The number of hydrogen-bond donors (Lipinski definition) is 3. The van der Waals surface area contributed by atoms with Crippen LogP contribution in [0.3, 0.4) is 0 Å². The first-order valence-electron chi connectivity index (χ1n) is 6.30. The smallest absolute Gasteiger partial charge is 0.313 e. The largest absolute Gasteiger partial charge is 0.396 e. The van der Waals surface area contributed by atoms with E-state index in [0.29, 0.717) is 12.1 Å². The summed E-state index contributed by atoms with van der Waals surface area (Å²) >= 11 is 0. The predicted molar refractivity (Wildman–Crippen MR) is 73.5 cm³/mol. The van der Waals surface area contributed by atoms with Crippen molar-refractivity contribution in [2.75, 3.05) is 18.5 Å². The van der Waals surface area contributed by atoms with Crippen molar-refractivity contribution in [2.45, 2.75) is 20.3 Å². The molecule has 20 heavy (non-hydrogen) atoms. The Balaban J connectivity index is 2.47. The molecule has 110 valence electrons. The summed E-state index contributed by atoms with van der Waals surface area (Å²) in [5, 5.41) is 13.7. The Hall–Kier alpha value is -1.95. The highest BCUT2D eigenvalue weighted by molar-refractivity contribution is 6.39. The summed E-state index contributed by atoms with van der Waals surface area (Å²) in [6.07, 6.45) is 0.521. The van der Waals surface area contributed by atoms with Crippen LogP contribution in [0.15, 0.2) is 24.3 Å². The molecular formula is C14H19FN2O3. The highest BCUT2D eigenvalue weighted by Gasteiger charge is 2.21. The second-order valence-corrected chi connectivity index (χ2v) is 5.28. The van der Waals surface area contributed by atoms with E-state index in [-0.39, 0.29) is 18.6 Å². The highest BCUT2D eigenvalue weighted by atomic mass is 19.1. The number of amides is 2. The van der Waals surface area contributed by atoms with Crippen molar-refractivity contribution in [1.82, 2.24) is 5.32 Å². The van der Waals surface area contributed by atoms with Crippen LogP contribution in [-0.2, 0) is 9.59 Å². The minimum Gasteiger partial charge on any atom is -0.396 e. The normalized spacial score (nSPS) is 11.0. The SMILES string of the molecule is CC(C)(CCO)CNC(=O)C(=O)Nc1ccc(F)cc1. The van der Waals surface area contributed by atoms with Crippen molar-refractivity contribution < 1.29 is 19.1 Å². The van der Waals surface area contributed by atoms with Gasteiger partial charge in [-0.2, -0.15) is 0 Å². The highest BCUT2D eigenvalue weighted by Crippen LogP contribution is 2.17. The predicted octanol–water partition coefficient (Wildman–Crippen LogP) is 1.29. The molecule has 0 fully saturated rings. The minimum atomic E-state index is -0.809. The van der Waals surface area contributed by atoms with Crippen LogP contribution in [0, 0.1) is 11.2 Å². The summed E-state index contributed by atoms with van der Waals surface area (Å²) in [5.74, 6) is -1.99. The average Bonchev–Trinajstić information content (AvgIpc) is 2.38. The van der Waals surface area contributed by atoms with Crippen molar-refractivity contribution in [3.63, 3.8) is 0 Å². The van der Waals surface area contributed by atoms with Crippen molar-refractivity contribution in [3.8, 4) is 0 Å². The molecule has 0 aliphatic heterocycles. The quantitative estimate of drug-likeness (QED) is 0.712. The number of anilines is 1. The van der Waals surface area contributed by atoms with Crippen molar-refractivity contribution in [3.05, 3.63) is 30.1 Å². The maximum Gasteiger partial charge on any atom is 0.313 e. The van der Waals surface area contributed by atoms with Crippen LogP contribution in [0.1, 0.15) is 20.3 Å².